The van der Waals surface area contributed by atoms with Crippen molar-refractivity contribution in [1.29, 1.82) is 0 Å². The van der Waals surface area contributed by atoms with E-state index < -0.39 is 12.7 Å². The summed E-state index contributed by atoms with van der Waals surface area (Å²) in [6.45, 7) is 1.32. The number of hydrogen-bond donors (Lipinski definition) is 3. The van der Waals surface area contributed by atoms with Crippen LogP contribution in [-0.2, 0) is 0 Å². The van der Waals surface area contributed by atoms with Gasteiger partial charge in [0, 0.05) is 23.1 Å². The van der Waals surface area contributed by atoms with Gasteiger partial charge in [-0.3, -0.25) is 19.6 Å². The van der Waals surface area contributed by atoms with Gasteiger partial charge in [0.15, 0.2) is 11.6 Å². The summed E-state index contributed by atoms with van der Waals surface area (Å²) in [5, 5.41) is 12.9. The number of carbonyl (C=O) groups excluding carboxylic acids is 2. The molecule has 140 valence electrons. The Bertz CT molecular complexity index is 953. The van der Waals surface area contributed by atoms with E-state index in [-0.39, 0.29) is 12.4 Å². The average molecular weight is 370 g/mol. The molecule has 2 amide bonds. The highest BCUT2D eigenvalue weighted by molar-refractivity contribution is 6.05. The number of amides is 2. The van der Waals surface area contributed by atoms with Gasteiger partial charge in [-0.2, -0.15) is 5.10 Å². The molecule has 0 aliphatic carbocycles. The maximum Gasteiger partial charge on any atom is 0.324 e. The molecule has 1 heterocycles. The minimum Gasteiger partial charge on any atom is -0.493 e. The zero-order valence-corrected chi connectivity index (χ0v) is 14.7. The third kappa shape index (κ3) is 4.60. The Morgan fingerprint density at radius 2 is 1.93 bits per heavy atom. The molecule has 0 atom stereocenters. The van der Waals surface area contributed by atoms with Crippen LogP contribution in [0.1, 0.15) is 23.7 Å². The fraction of sp³-hybridized carbons (Fsp3) is 0.211. The van der Waals surface area contributed by atoms with E-state index in [1.54, 1.807) is 42.5 Å². The summed E-state index contributed by atoms with van der Waals surface area (Å²) in [5.74, 6) is 0.873. The fourth-order valence-corrected chi connectivity index (χ4v) is 2.48. The van der Waals surface area contributed by atoms with Crippen molar-refractivity contribution in [3.8, 4) is 5.75 Å². The Balaban J connectivity index is 1.68. The molecule has 0 aliphatic rings. The van der Waals surface area contributed by atoms with Gasteiger partial charge in [-0.05, 0) is 49.4 Å². The standard InChI is InChI=1S/C19H19FN4O3/c1-12(25)13-3-5-14(6-4-13)21-19(26)22-18-16-11-15(27-10-2-9-20)7-8-17(16)23-24-18/h3-8,11H,2,9-10H2,1H3,(H3,21,22,23,24,26). The molecule has 3 rings (SSSR count). The summed E-state index contributed by atoms with van der Waals surface area (Å²) < 4.78 is 17.7. The topological polar surface area (TPSA) is 96.1 Å². The van der Waals surface area contributed by atoms with E-state index in [1.807, 2.05) is 0 Å². The number of halogens is 1. The van der Waals surface area contributed by atoms with Gasteiger partial charge in [-0.25, -0.2) is 4.79 Å². The number of nitrogens with one attached hydrogen (secondary N) is 3. The van der Waals surface area contributed by atoms with Crippen LogP contribution in [0.4, 0.5) is 20.7 Å². The molecule has 0 radical (unpaired) electrons. The molecule has 0 unspecified atom stereocenters. The third-order valence-electron chi connectivity index (χ3n) is 3.86. The van der Waals surface area contributed by atoms with Crippen molar-refractivity contribution in [3.63, 3.8) is 0 Å². The van der Waals surface area contributed by atoms with Crippen molar-refractivity contribution in [2.45, 2.75) is 13.3 Å². The van der Waals surface area contributed by atoms with Crippen LogP contribution in [-0.4, -0.2) is 35.3 Å². The number of alkyl halides is 1. The van der Waals surface area contributed by atoms with Gasteiger partial charge in [0.1, 0.15) is 5.75 Å². The summed E-state index contributed by atoms with van der Waals surface area (Å²) in [4.78, 5) is 23.5. The normalized spacial score (nSPS) is 10.6. The third-order valence-corrected chi connectivity index (χ3v) is 3.86. The van der Waals surface area contributed by atoms with E-state index in [0.717, 1.165) is 5.52 Å². The first-order valence-corrected chi connectivity index (χ1v) is 8.42. The number of Topliss-reactive ketones (excluding diaryl/α,β-unsaturated/α-hetero) is 1. The predicted octanol–water partition coefficient (Wildman–Crippen LogP) is 4.15. The van der Waals surface area contributed by atoms with Crippen molar-refractivity contribution >= 4 is 34.2 Å². The van der Waals surface area contributed by atoms with Crippen molar-refractivity contribution in [2.75, 3.05) is 23.9 Å². The van der Waals surface area contributed by atoms with Crippen LogP contribution >= 0.6 is 0 Å². The molecule has 0 bridgehead atoms. The first-order valence-electron chi connectivity index (χ1n) is 8.42. The molecule has 27 heavy (non-hydrogen) atoms. The van der Waals surface area contributed by atoms with Gasteiger partial charge < -0.3 is 10.1 Å². The fourth-order valence-electron chi connectivity index (χ4n) is 2.48. The van der Waals surface area contributed by atoms with Crippen LogP contribution in [0.5, 0.6) is 5.75 Å². The molecule has 0 fully saturated rings. The lowest BCUT2D eigenvalue weighted by molar-refractivity contribution is 0.101. The summed E-state index contributed by atoms with van der Waals surface area (Å²) in [6.07, 6.45) is 0.319. The number of aromatic amines is 1. The highest BCUT2D eigenvalue weighted by Crippen LogP contribution is 2.25. The number of benzene rings is 2. The average Bonchev–Trinajstić information content (AvgIpc) is 3.04. The Kier molecular flexibility index (Phi) is 5.65. The molecule has 8 heteroatoms. The van der Waals surface area contributed by atoms with Crippen LogP contribution in [0.3, 0.4) is 0 Å². The zero-order chi connectivity index (χ0) is 19.2. The Hall–Kier alpha value is -3.42. The number of aromatic nitrogens is 2. The number of ketones is 1. The molecular weight excluding hydrogens is 351 g/mol. The van der Waals surface area contributed by atoms with Crippen LogP contribution in [0.15, 0.2) is 42.5 Å². The van der Waals surface area contributed by atoms with E-state index in [4.69, 9.17) is 4.74 Å². The van der Waals surface area contributed by atoms with E-state index >= 15 is 0 Å². The van der Waals surface area contributed by atoms with Gasteiger partial charge in [-0.15, -0.1) is 0 Å². The second-order valence-corrected chi connectivity index (χ2v) is 5.88. The zero-order valence-electron chi connectivity index (χ0n) is 14.7. The van der Waals surface area contributed by atoms with E-state index in [1.165, 1.54) is 6.92 Å². The van der Waals surface area contributed by atoms with Crippen LogP contribution in [0.25, 0.3) is 10.9 Å². The monoisotopic (exact) mass is 370 g/mol. The maximum absolute atomic E-state index is 12.2. The van der Waals surface area contributed by atoms with Crippen molar-refractivity contribution in [3.05, 3.63) is 48.0 Å². The van der Waals surface area contributed by atoms with Crippen molar-refractivity contribution < 1.29 is 18.7 Å². The number of hydrogen-bond acceptors (Lipinski definition) is 4. The summed E-state index contributed by atoms with van der Waals surface area (Å²) in [7, 11) is 0. The van der Waals surface area contributed by atoms with Gasteiger partial charge >= 0.3 is 6.03 Å². The minimum absolute atomic E-state index is 0.0430. The van der Waals surface area contributed by atoms with Gasteiger partial charge in [-0.1, -0.05) is 0 Å². The van der Waals surface area contributed by atoms with Gasteiger partial charge in [0.2, 0.25) is 0 Å². The number of urea groups is 1. The largest absolute Gasteiger partial charge is 0.493 e. The molecule has 0 spiro atoms. The Morgan fingerprint density at radius 3 is 2.63 bits per heavy atom. The molecule has 3 N–H and O–H groups in total. The van der Waals surface area contributed by atoms with E-state index in [0.29, 0.717) is 34.6 Å². The highest BCUT2D eigenvalue weighted by atomic mass is 19.1. The van der Waals surface area contributed by atoms with Crippen LogP contribution < -0.4 is 15.4 Å². The lowest BCUT2D eigenvalue weighted by atomic mass is 10.1. The molecule has 2 aromatic carbocycles. The van der Waals surface area contributed by atoms with Gasteiger partial charge in [0.25, 0.3) is 0 Å². The first-order chi connectivity index (χ1) is 13.1. The second-order valence-electron chi connectivity index (χ2n) is 5.88. The molecule has 0 saturated carbocycles. The van der Waals surface area contributed by atoms with Gasteiger partial charge in [0.05, 0.1) is 18.8 Å². The lowest BCUT2D eigenvalue weighted by Crippen LogP contribution is -2.19. The quantitative estimate of drug-likeness (QED) is 0.430. The van der Waals surface area contributed by atoms with Crippen molar-refractivity contribution in [2.24, 2.45) is 0 Å². The lowest BCUT2D eigenvalue weighted by Gasteiger charge is -2.07. The minimum atomic E-state index is -0.470. The molecule has 3 aromatic rings. The molecule has 0 aliphatic heterocycles. The summed E-state index contributed by atoms with van der Waals surface area (Å²) >= 11 is 0. The second kappa shape index (κ2) is 8.31. The number of ether oxygens (including phenoxy) is 1. The highest BCUT2D eigenvalue weighted by Gasteiger charge is 2.11. The predicted molar refractivity (Wildman–Crippen MR) is 101 cm³/mol. The number of carbonyl (C=O) groups is 2. The maximum atomic E-state index is 12.2. The number of anilines is 2. The molecule has 0 saturated heterocycles. The SMILES string of the molecule is CC(=O)c1ccc(NC(=O)Nc2n[nH]c3ccc(OCCCF)cc23)cc1. The number of H-pyrrole nitrogens is 1. The number of fused-ring (bicyclic) bond motifs is 1. The number of nitrogens with zero attached hydrogens (tertiary/aromatic N) is 1. The van der Waals surface area contributed by atoms with Crippen LogP contribution in [0, 0.1) is 0 Å². The first kappa shape index (κ1) is 18.4. The Labute approximate surface area is 154 Å². The van der Waals surface area contributed by atoms with Crippen molar-refractivity contribution in [1.82, 2.24) is 10.2 Å². The summed E-state index contributed by atoms with van der Waals surface area (Å²) in [5.41, 5.74) is 1.85. The van der Waals surface area contributed by atoms with E-state index in [9.17, 15) is 14.0 Å². The Morgan fingerprint density at radius 1 is 1.15 bits per heavy atom. The van der Waals surface area contributed by atoms with E-state index in [2.05, 4.69) is 20.8 Å². The molecule has 1 aromatic heterocycles. The van der Waals surface area contributed by atoms with Crippen LogP contribution in [0.2, 0.25) is 0 Å². The number of rotatable bonds is 7. The molecule has 7 nitrogen and oxygen atoms in total. The molecular formula is C19H19FN4O3. The smallest absolute Gasteiger partial charge is 0.324 e. The summed E-state index contributed by atoms with van der Waals surface area (Å²) in [6, 6.07) is 11.4.